The molecule has 0 radical (unpaired) electrons. The number of anilines is 4. The van der Waals surface area contributed by atoms with Crippen LogP contribution in [0.3, 0.4) is 0 Å². The number of hydrogen-bond donors (Lipinski definition) is 4. The van der Waals surface area contributed by atoms with Crippen molar-refractivity contribution in [3.63, 3.8) is 0 Å². The number of carbonyl (C=O) groups excluding carboxylic acids is 4. The van der Waals surface area contributed by atoms with Crippen molar-refractivity contribution >= 4 is 46.4 Å². The molecule has 4 amide bonds. The van der Waals surface area contributed by atoms with Crippen LogP contribution >= 0.6 is 0 Å². The van der Waals surface area contributed by atoms with Crippen LogP contribution in [0.25, 0.3) is 0 Å². The molecule has 0 unspecified atom stereocenters. The maximum Gasteiger partial charge on any atom is 0.227 e. The minimum Gasteiger partial charge on any atom is -0.326 e. The van der Waals surface area contributed by atoms with Crippen molar-refractivity contribution in [1.82, 2.24) is 0 Å². The van der Waals surface area contributed by atoms with Gasteiger partial charge in [-0.2, -0.15) is 0 Å². The Morgan fingerprint density at radius 2 is 0.875 bits per heavy atom. The van der Waals surface area contributed by atoms with Gasteiger partial charge >= 0.3 is 0 Å². The number of hydrogen-bond acceptors (Lipinski definition) is 4. The average molecular weight is 547 g/mol. The largest absolute Gasteiger partial charge is 0.326 e. The van der Waals surface area contributed by atoms with Gasteiger partial charge < -0.3 is 21.3 Å². The molecule has 0 saturated heterocycles. The molecular weight excluding hydrogens is 504 g/mol. The molecule has 4 rings (SSSR count). The van der Waals surface area contributed by atoms with Crippen LogP contribution in [0, 0.1) is 11.8 Å². The second-order valence-corrected chi connectivity index (χ2v) is 11.1. The Balaban J connectivity index is 1.14. The second-order valence-electron chi connectivity index (χ2n) is 11.1. The van der Waals surface area contributed by atoms with Gasteiger partial charge in [0.05, 0.1) is 0 Å². The number of amides is 4. The Morgan fingerprint density at radius 1 is 0.525 bits per heavy atom. The summed E-state index contributed by atoms with van der Waals surface area (Å²) in [6, 6.07) is 14.4. The number of nitrogens with one attached hydrogen (secondary N) is 4. The Morgan fingerprint density at radius 3 is 1.25 bits per heavy atom. The zero-order chi connectivity index (χ0) is 28.2. The minimum atomic E-state index is -0.127. The van der Waals surface area contributed by atoms with Gasteiger partial charge in [-0.05, 0) is 74.9 Å². The molecule has 2 fully saturated rings. The Bertz CT molecular complexity index is 1080. The van der Waals surface area contributed by atoms with Crippen molar-refractivity contribution in [2.45, 2.75) is 89.9 Å². The normalized spacial score (nSPS) is 16.1. The van der Waals surface area contributed by atoms with Gasteiger partial charge in [0.25, 0.3) is 0 Å². The van der Waals surface area contributed by atoms with E-state index in [-0.39, 0.29) is 35.5 Å². The molecule has 0 heterocycles. The van der Waals surface area contributed by atoms with E-state index in [0.717, 1.165) is 51.4 Å². The fourth-order valence-electron chi connectivity index (χ4n) is 5.59. The monoisotopic (exact) mass is 546 g/mol. The van der Waals surface area contributed by atoms with E-state index in [4.69, 9.17) is 0 Å². The van der Waals surface area contributed by atoms with Crippen LogP contribution in [0.4, 0.5) is 22.7 Å². The molecule has 8 heteroatoms. The van der Waals surface area contributed by atoms with Crippen molar-refractivity contribution in [2.75, 3.05) is 21.3 Å². The fourth-order valence-corrected chi connectivity index (χ4v) is 5.59. The van der Waals surface area contributed by atoms with Gasteiger partial charge in [-0.25, -0.2) is 0 Å². The van der Waals surface area contributed by atoms with E-state index in [1.165, 1.54) is 12.8 Å². The molecule has 4 N–H and O–H groups in total. The summed E-state index contributed by atoms with van der Waals surface area (Å²) in [5.74, 6) is -0.00889. The Labute approximate surface area is 237 Å². The van der Waals surface area contributed by atoms with Gasteiger partial charge in [0.2, 0.25) is 23.6 Å². The van der Waals surface area contributed by atoms with Crippen molar-refractivity contribution in [3.05, 3.63) is 48.5 Å². The van der Waals surface area contributed by atoms with Gasteiger partial charge in [0, 0.05) is 47.4 Å². The summed E-state index contributed by atoms with van der Waals surface area (Å²) in [6.07, 6.45) is 12.3. The van der Waals surface area contributed by atoms with E-state index in [9.17, 15) is 19.2 Å². The summed E-state index contributed by atoms with van der Waals surface area (Å²) in [4.78, 5) is 49.9. The third-order valence-electron chi connectivity index (χ3n) is 7.84. The van der Waals surface area contributed by atoms with Crippen molar-refractivity contribution < 1.29 is 19.2 Å². The van der Waals surface area contributed by atoms with Gasteiger partial charge in [0.1, 0.15) is 0 Å². The number of benzene rings is 2. The molecule has 40 heavy (non-hydrogen) atoms. The van der Waals surface area contributed by atoms with Crippen LogP contribution in [0.5, 0.6) is 0 Å². The molecule has 0 aliphatic heterocycles. The van der Waals surface area contributed by atoms with E-state index in [1.807, 2.05) is 24.3 Å². The number of rotatable bonds is 11. The molecule has 8 nitrogen and oxygen atoms in total. The summed E-state index contributed by atoms with van der Waals surface area (Å²) in [7, 11) is 0. The highest BCUT2D eigenvalue weighted by Gasteiger charge is 2.22. The minimum absolute atomic E-state index is 0.0531. The average Bonchev–Trinajstić information content (AvgIpc) is 2.96. The summed E-state index contributed by atoms with van der Waals surface area (Å²) >= 11 is 0. The third-order valence-corrected chi connectivity index (χ3v) is 7.84. The van der Waals surface area contributed by atoms with E-state index >= 15 is 0 Å². The van der Waals surface area contributed by atoms with Gasteiger partial charge in [-0.15, -0.1) is 0 Å². The van der Waals surface area contributed by atoms with Crippen molar-refractivity contribution in [1.29, 1.82) is 0 Å². The lowest BCUT2D eigenvalue weighted by Crippen LogP contribution is -2.24. The van der Waals surface area contributed by atoms with Crippen LogP contribution in [0.15, 0.2) is 48.5 Å². The van der Waals surface area contributed by atoms with Gasteiger partial charge in [-0.1, -0.05) is 50.7 Å². The molecule has 0 atom stereocenters. The van der Waals surface area contributed by atoms with Crippen molar-refractivity contribution in [2.24, 2.45) is 11.8 Å². The summed E-state index contributed by atoms with van der Waals surface area (Å²) in [5, 5.41) is 11.7. The first-order chi connectivity index (χ1) is 19.5. The quantitative estimate of drug-likeness (QED) is 0.230. The standard InChI is InChI=1S/C32H42N4O4/c37-29(33-25-15-9-17-27(21-25)35-31(39)23-11-3-1-4-12-23)19-7-8-20-30(38)34-26-16-10-18-28(22-26)36-32(40)24-13-5-2-6-14-24/h9-10,15-18,21-24H,1-8,11-14,19-20H2,(H,33,37)(H,34,38)(H,35,39)(H,36,40). The van der Waals surface area contributed by atoms with Gasteiger partial charge in [-0.3, -0.25) is 19.2 Å². The molecule has 2 aliphatic carbocycles. The zero-order valence-electron chi connectivity index (χ0n) is 23.3. The lowest BCUT2D eigenvalue weighted by atomic mass is 9.88. The summed E-state index contributed by atoms with van der Waals surface area (Å²) in [6.45, 7) is 0. The van der Waals surface area contributed by atoms with Crippen LogP contribution in [-0.4, -0.2) is 23.6 Å². The Hall–Kier alpha value is -3.68. The number of carbonyl (C=O) groups is 4. The summed E-state index contributed by atoms with van der Waals surface area (Å²) in [5.41, 5.74) is 2.64. The smallest absolute Gasteiger partial charge is 0.227 e. The molecule has 2 aromatic rings. The molecule has 0 spiro atoms. The molecule has 0 bridgehead atoms. The predicted octanol–water partition coefficient (Wildman–Crippen LogP) is 6.86. The molecule has 2 aliphatic rings. The first-order valence-electron chi connectivity index (χ1n) is 14.9. The van der Waals surface area contributed by atoms with Gasteiger partial charge in [0.15, 0.2) is 0 Å². The van der Waals surface area contributed by atoms with E-state index < -0.39 is 0 Å². The first-order valence-corrected chi connectivity index (χ1v) is 14.9. The van der Waals surface area contributed by atoms with Crippen LogP contribution in [0.1, 0.15) is 89.9 Å². The highest BCUT2D eigenvalue weighted by atomic mass is 16.2. The molecule has 2 aromatic carbocycles. The molecule has 214 valence electrons. The Kier molecular flexibility index (Phi) is 11.1. The maximum atomic E-state index is 12.5. The van der Waals surface area contributed by atoms with E-state index in [1.54, 1.807) is 24.3 Å². The third kappa shape index (κ3) is 9.50. The van der Waals surface area contributed by atoms with Crippen LogP contribution < -0.4 is 21.3 Å². The second kappa shape index (κ2) is 15.2. The zero-order valence-corrected chi connectivity index (χ0v) is 23.3. The fraction of sp³-hybridized carbons (Fsp3) is 0.500. The maximum absolute atomic E-state index is 12.5. The van der Waals surface area contributed by atoms with Crippen LogP contribution in [0.2, 0.25) is 0 Å². The van der Waals surface area contributed by atoms with E-state index in [0.29, 0.717) is 48.4 Å². The molecule has 0 aromatic heterocycles. The highest BCUT2D eigenvalue weighted by molar-refractivity contribution is 5.96. The molecular formula is C32H42N4O4. The molecule has 2 saturated carbocycles. The van der Waals surface area contributed by atoms with Crippen LogP contribution in [-0.2, 0) is 19.2 Å². The summed E-state index contributed by atoms with van der Waals surface area (Å²) < 4.78 is 0. The lowest BCUT2D eigenvalue weighted by molar-refractivity contribution is -0.121. The topological polar surface area (TPSA) is 116 Å². The SMILES string of the molecule is O=C(CCCCC(=O)Nc1cccc(NC(=O)C2CCCCC2)c1)Nc1cccc(NC(=O)C2CCCCC2)c1. The predicted molar refractivity (Wildman–Crippen MR) is 159 cm³/mol. The van der Waals surface area contributed by atoms with Crippen molar-refractivity contribution in [3.8, 4) is 0 Å². The lowest BCUT2D eigenvalue weighted by Gasteiger charge is -2.20. The first kappa shape index (κ1) is 29.3. The van der Waals surface area contributed by atoms with E-state index in [2.05, 4.69) is 21.3 Å². The number of unbranched alkanes of at least 4 members (excludes halogenated alkanes) is 1. The highest BCUT2D eigenvalue weighted by Crippen LogP contribution is 2.27.